The molecule has 1 saturated carbocycles. The molecule has 3 nitrogen and oxygen atoms in total. The van der Waals surface area contributed by atoms with E-state index in [1.54, 1.807) is 0 Å². The monoisotopic (exact) mass is 253 g/mol. The SMILES string of the molecule is CCNc1cc(C)nc(-c2cccc(C3CC3)c2)n1. The van der Waals surface area contributed by atoms with Gasteiger partial charge in [-0.3, -0.25) is 0 Å². The predicted octanol–water partition coefficient (Wildman–Crippen LogP) is 3.76. The molecule has 0 atom stereocenters. The summed E-state index contributed by atoms with van der Waals surface area (Å²) in [6.07, 6.45) is 2.64. The summed E-state index contributed by atoms with van der Waals surface area (Å²) >= 11 is 0. The van der Waals surface area contributed by atoms with Crippen molar-refractivity contribution in [1.82, 2.24) is 9.97 Å². The zero-order chi connectivity index (χ0) is 13.2. The van der Waals surface area contributed by atoms with Gasteiger partial charge in [-0.2, -0.15) is 0 Å². The number of benzene rings is 1. The van der Waals surface area contributed by atoms with Crippen LogP contribution in [-0.4, -0.2) is 16.5 Å². The van der Waals surface area contributed by atoms with Gasteiger partial charge in [-0.1, -0.05) is 18.2 Å². The van der Waals surface area contributed by atoms with E-state index in [9.17, 15) is 0 Å². The van der Waals surface area contributed by atoms with Crippen LogP contribution >= 0.6 is 0 Å². The maximum Gasteiger partial charge on any atom is 0.161 e. The molecule has 1 N–H and O–H groups in total. The van der Waals surface area contributed by atoms with Gasteiger partial charge in [-0.15, -0.1) is 0 Å². The molecule has 0 unspecified atom stereocenters. The molecule has 98 valence electrons. The third-order valence-electron chi connectivity index (χ3n) is 3.41. The molecule has 1 aliphatic rings. The highest BCUT2D eigenvalue weighted by molar-refractivity contribution is 5.59. The van der Waals surface area contributed by atoms with Crippen molar-refractivity contribution >= 4 is 5.82 Å². The van der Waals surface area contributed by atoms with E-state index in [1.165, 1.54) is 18.4 Å². The van der Waals surface area contributed by atoms with E-state index in [2.05, 4.69) is 46.5 Å². The van der Waals surface area contributed by atoms with Gasteiger partial charge in [0.05, 0.1) is 0 Å². The molecule has 1 heterocycles. The van der Waals surface area contributed by atoms with Crippen molar-refractivity contribution in [2.45, 2.75) is 32.6 Å². The number of hydrogen-bond donors (Lipinski definition) is 1. The third-order valence-corrected chi connectivity index (χ3v) is 3.41. The van der Waals surface area contributed by atoms with Crippen molar-refractivity contribution in [3.8, 4) is 11.4 Å². The summed E-state index contributed by atoms with van der Waals surface area (Å²) < 4.78 is 0. The van der Waals surface area contributed by atoms with Crippen molar-refractivity contribution in [2.75, 3.05) is 11.9 Å². The van der Waals surface area contributed by atoms with Crippen LogP contribution in [0.25, 0.3) is 11.4 Å². The molecule has 0 aliphatic heterocycles. The summed E-state index contributed by atoms with van der Waals surface area (Å²) in [7, 11) is 0. The fourth-order valence-electron chi connectivity index (χ4n) is 2.32. The molecule has 3 heteroatoms. The number of rotatable bonds is 4. The molecule has 3 rings (SSSR count). The fourth-order valence-corrected chi connectivity index (χ4v) is 2.32. The minimum Gasteiger partial charge on any atom is -0.370 e. The maximum atomic E-state index is 4.59. The quantitative estimate of drug-likeness (QED) is 0.901. The van der Waals surface area contributed by atoms with Gasteiger partial charge in [0.25, 0.3) is 0 Å². The lowest BCUT2D eigenvalue weighted by molar-refractivity contribution is 1.07. The number of anilines is 1. The number of aromatic nitrogens is 2. The van der Waals surface area contributed by atoms with Crippen molar-refractivity contribution in [1.29, 1.82) is 0 Å². The van der Waals surface area contributed by atoms with Crippen LogP contribution in [-0.2, 0) is 0 Å². The van der Waals surface area contributed by atoms with Crippen molar-refractivity contribution in [3.63, 3.8) is 0 Å². The number of nitrogens with one attached hydrogen (secondary N) is 1. The molecule has 1 fully saturated rings. The Morgan fingerprint density at radius 3 is 2.79 bits per heavy atom. The van der Waals surface area contributed by atoms with Crippen molar-refractivity contribution < 1.29 is 0 Å². The van der Waals surface area contributed by atoms with Crippen LogP contribution in [0, 0.1) is 6.92 Å². The summed E-state index contributed by atoms with van der Waals surface area (Å²) in [4.78, 5) is 9.15. The van der Waals surface area contributed by atoms with Crippen molar-refractivity contribution in [2.24, 2.45) is 0 Å². The van der Waals surface area contributed by atoms with Crippen LogP contribution < -0.4 is 5.32 Å². The highest BCUT2D eigenvalue weighted by Gasteiger charge is 2.23. The van der Waals surface area contributed by atoms with Crippen LogP contribution in [0.2, 0.25) is 0 Å². The van der Waals surface area contributed by atoms with E-state index in [0.29, 0.717) is 0 Å². The first-order valence-corrected chi connectivity index (χ1v) is 6.96. The summed E-state index contributed by atoms with van der Waals surface area (Å²) in [6.45, 7) is 4.96. The molecule has 19 heavy (non-hydrogen) atoms. The van der Waals surface area contributed by atoms with Gasteiger partial charge in [-0.25, -0.2) is 9.97 Å². The molecule has 2 aromatic rings. The Labute approximate surface area is 114 Å². The molecular formula is C16H19N3. The Kier molecular flexibility index (Phi) is 3.20. The molecule has 1 aromatic carbocycles. The number of aryl methyl sites for hydroxylation is 1. The van der Waals surface area contributed by atoms with Gasteiger partial charge in [0, 0.05) is 23.9 Å². The second-order valence-corrected chi connectivity index (χ2v) is 5.15. The Bertz CT molecular complexity index is 588. The Balaban J connectivity index is 1.98. The Morgan fingerprint density at radius 1 is 1.21 bits per heavy atom. The van der Waals surface area contributed by atoms with Crippen LogP contribution in [0.4, 0.5) is 5.82 Å². The molecule has 0 spiro atoms. The number of nitrogens with zero attached hydrogens (tertiary/aromatic N) is 2. The highest BCUT2D eigenvalue weighted by atomic mass is 15.0. The Morgan fingerprint density at radius 2 is 2.05 bits per heavy atom. The fraction of sp³-hybridized carbons (Fsp3) is 0.375. The first-order chi connectivity index (χ1) is 9.26. The zero-order valence-corrected chi connectivity index (χ0v) is 11.5. The average Bonchev–Trinajstić information content (AvgIpc) is 3.23. The summed E-state index contributed by atoms with van der Waals surface area (Å²) in [5.74, 6) is 2.48. The lowest BCUT2D eigenvalue weighted by Crippen LogP contribution is -2.02. The molecular weight excluding hydrogens is 234 g/mol. The number of hydrogen-bond acceptors (Lipinski definition) is 3. The zero-order valence-electron chi connectivity index (χ0n) is 11.5. The van der Waals surface area contributed by atoms with Crippen molar-refractivity contribution in [3.05, 3.63) is 41.6 Å². The average molecular weight is 253 g/mol. The topological polar surface area (TPSA) is 37.8 Å². The van der Waals surface area contributed by atoms with Crippen LogP contribution in [0.3, 0.4) is 0 Å². The van der Waals surface area contributed by atoms with E-state index in [4.69, 9.17) is 0 Å². The maximum absolute atomic E-state index is 4.59. The summed E-state index contributed by atoms with van der Waals surface area (Å²) in [5.41, 5.74) is 3.54. The minimum atomic E-state index is 0.762. The normalized spacial score (nSPS) is 14.4. The molecule has 1 aliphatic carbocycles. The van der Waals surface area contributed by atoms with E-state index < -0.39 is 0 Å². The predicted molar refractivity (Wildman–Crippen MR) is 78.3 cm³/mol. The first-order valence-electron chi connectivity index (χ1n) is 6.96. The van der Waals surface area contributed by atoms with Gasteiger partial charge >= 0.3 is 0 Å². The molecule has 1 aromatic heterocycles. The van der Waals surface area contributed by atoms with Crippen LogP contribution in [0.15, 0.2) is 30.3 Å². The highest BCUT2D eigenvalue weighted by Crippen LogP contribution is 2.40. The molecule has 0 radical (unpaired) electrons. The van der Waals surface area contributed by atoms with E-state index in [-0.39, 0.29) is 0 Å². The summed E-state index contributed by atoms with van der Waals surface area (Å²) in [5, 5.41) is 3.26. The van der Waals surface area contributed by atoms with E-state index in [0.717, 1.165) is 35.4 Å². The van der Waals surface area contributed by atoms with Gasteiger partial charge < -0.3 is 5.32 Å². The summed E-state index contributed by atoms with van der Waals surface area (Å²) in [6, 6.07) is 10.6. The smallest absolute Gasteiger partial charge is 0.161 e. The van der Waals surface area contributed by atoms with Crippen LogP contribution in [0.5, 0.6) is 0 Å². The second kappa shape index (κ2) is 5.00. The van der Waals surface area contributed by atoms with Gasteiger partial charge in [0.15, 0.2) is 5.82 Å². The van der Waals surface area contributed by atoms with Gasteiger partial charge in [0.2, 0.25) is 0 Å². The molecule has 0 saturated heterocycles. The second-order valence-electron chi connectivity index (χ2n) is 5.15. The Hall–Kier alpha value is -1.90. The van der Waals surface area contributed by atoms with Crippen LogP contribution in [0.1, 0.15) is 36.9 Å². The first kappa shape index (κ1) is 12.2. The van der Waals surface area contributed by atoms with Gasteiger partial charge in [-0.05, 0) is 44.2 Å². The van der Waals surface area contributed by atoms with Gasteiger partial charge in [0.1, 0.15) is 5.82 Å². The molecule has 0 bridgehead atoms. The van der Waals surface area contributed by atoms with E-state index in [1.807, 2.05) is 13.0 Å². The lowest BCUT2D eigenvalue weighted by atomic mass is 10.1. The minimum absolute atomic E-state index is 0.762. The molecule has 0 amide bonds. The standard InChI is InChI=1S/C16H19N3/c1-3-17-15-9-11(2)18-16(19-15)14-6-4-5-13(10-14)12-7-8-12/h4-6,9-10,12H,3,7-8H2,1-2H3,(H,17,18,19). The third kappa shape index (κ3) is 2.75. The van der Waals surface area contributed by atoms with E-state index >= 15 is 0 Å². The lowest BCUT2D eigenvalue weighted by Gasteiger charge is -2.08. The largest absolute Gasteiger partial charge is 0.370 e.